The molecule has 2 rings (SSSR count). The van der Waals surface area contributed by atoms with Gasteiger partial charge in [0, 0.05) is 11.5 Å². The Morgan fingerprint density at radius 3 is 2.75 bits per heavy atom. The molecule has 1 N–H and O–H groups in total. The second-order valence-corrected chi connectivity index (χ2v) is 4.70. The highest BCUT2D eigenvalue weighted by atomic mass is 16.5. The number of aldehydes is 1. The van der Waals surface area contributed by atoms with Crippen molar-refractivity contribution in [2.24, 2.45) is 5.92 Å². The number of rotatable bonds is 4. The molecule has 0 saturated heterocycles. The smallest absolute Gasteiger partial charge is 0.342 e. The Hall–Kier alpha value is -2.30. The number of esters is 1. The van der Waals surface area contributed by atoms with Crippen molar-refractivity contribution >= 4 is 18.3 Å². The van der Waals surface area contributed by atoms with E-state index in [0.29, 0.717) is 16.9 Å². The second kappa shape index (κ2) is 5.36. The molecule has 1 aromatic rings. The Bertz CT molecular complexity index is 601. The van der Waals surface area contributed by atoms with Crippen LogP contribution >= 0.6 is 0 Å². The summed E-state index contributed by atoms with van der Waals surface area (Å²) in [7, 11) is 1.49. The first-order valence-electron chi connectivity index (χ1n) is 6.24. The molecule has 0 saturated carbocycles. The van der Waals surface area contributed by atoms with Crippen molar-refractivity contribution in [2.45, 2.75) is 20.5 Å². The highest BCUT2D eigenvalue weighted by Crippen LogP contribution is 2.42. The van der Waals surface area contributed by atoms with E-state index in [2.05, 4.69) is 0 Å². The van der Waals surface area contributed by atoms with Gasteiger partial charge in [0.1, 0.15) is 30.0 Å². The summed E-state index contributed by atoms with van der Waals surface area (Å²) in [6, 6.07) is 0. The van der Waals surface area contributed by atoms with Crippen LogP contribution in [0.15, 0.2) is 6.08 Å². The molecule has 0 aromatic heterocycles. The summed E-state index contributed by atoms with van der Waals surface area (Å²) in [5, 5.41) is 10.3. The van der Waals surface area contributed by atoms with Crippen molar-refractivity contribution in [1.29, 1.82) is 0 Å². The summed E-state index contributed by atoms with van der Waals surface area (Å²) >= 11 is 0. The van der Waals surface area contributed by atoms with Gasteiger partial charge >= 0.3 is 5.97 Å². The topological polar surface area (TPSA) is 72.8 Å². The Morgan fingerprint density at radius 1 is 1.45 bits per heavy atom. The highest BCUT2D eigenvalue weighted by Gasteiger charge is 2.31. The van der Waals surface area contributed by atoms with E-state index in [1.165, 1.54) is 7.11 Å². The van der Waals surface area contributed by atoms with E-state index < -0.39 is 5.97 Å². The summed E-state index contributed by atoms with van der Waals surface area (Å²) in [5.41, 5.74) is 1.97. The summed E-state index contributed by atoms with van der Waals surface area (Å²) in [5.74, 6) is -0.519. The van der Waals surface area contributed by atoms with Crippen LogP contribution < -0.4 is 4.74 Å². The molecule has 0 spiro atoms. The number of methoxy groups -OCH3 is 1. The third kappa shape index (κ3) is 2.15. The third-order valence-corrected chi connectivity index (χ3v) is 3.37. The number of allylic oxidation sites excluding steroid dienone is 1. The fourth-order valence-corrected chi connectivity index (χ4v) is 2.23. The third-order valence-electron chi connectivity index (χ3n) is 3.37. The summed E-state index contributed by atoms with van der Waals surface area (Å²) in [4.78, 5) is 22.3. The fraction of sp³-hybridized carbons (Fsp3) is 0.333. The van der Waals surface area contributed by atoms with Gasteiger partial charge in [-0.3, -0.25) is 0 Å². The van der Waals surface area contributed by atoms with E-state index in [4.69, 9.17) is 9.47 Å². The van der Waals surface area contributed by atoms with Crippen LogP contribution in [0.25, 0.3) is 6.08 Å². The van der Waals surface area contributed by atoms with E-state index in [9.17, 15) is 14.7 Å². The number of hydrogen-bond acceptors (Lipinski definition) is 5. The van der Waals surface area contributed by atoms with Crippen molar-refractivity contribution < 1.29 is 24.2 Å². The standard InChI is InChI=1S/C15H16O5/c1-8(6-16)4-5-10-13(17)12-11(7-20-15(12)18)9(2)14(10)19-3/h4-6,8,17H,7H2,1-3H3/b5-4+. The molecule has 1 aliphatic rings. The quantitative estimate of drug-likeness (QED) is 0.674. The average Bonchev–Trinajstić information content (AvgIpc) is 2.83. The SMILES string of the molecule is COc1c(C)c2c(c(O)c1/C=C/C(C)C=O)C(=O)OC2. The maximum Gasteiger partial charge on any atom is 0.342 e. The number of carbonyl (C=O) groups is 2. The van der Waals surface area contributed by atoms with Crippen molar-refractivity contribution in [3.63, 3.8) is 0 Å². The Morgan fingerprint density at radius 2 is 2.15 bits per heavy atom. The van der Waals surface area contributed by atoms with E-state index in [-0.39, 0.29) is 23.8 Å². The minimum absolute atomic E-state index is 0.138. The predicted molar refractivity (Wildman–Crippen MR) is 72.8 cm³/mol. The first kappa shape index (κ1) is 14.1. The monoisotopic (exact) mass is 276 g/mol. The Kier molecular flexibility index (Phi) is 3.79. The zero-order valence-corrected chi connectivity index (χ0v) is 11.6. The molecule has 5 heteroatoms. The Balaban J connectivity index is 2.64. The summed E-state index contributed by atoms with van der Waals surface area (Å²) in [6.07, 6.45) is 4.01. The lowest BCUT2D eigenvalue weighted by molar-refractivity contribution is -0.109. The van der Waals surface area contributed by atoms with Gasteiger partial charge in [0.25, 0.3) is 0 Å². The molecule has 1 aromatic carbocycles. The van der Waals surface area contributed by atoms with Crippen LogP contribution in [-0.2, 0) is 16.1 Å². The number of phenolic OH excluding ortho intramolecular Hbond substituents is 1. The molecule has 0 bridgehead atoms. The van der Waals surface area contributed by atoms with E-state index in [1.54, 1.807) is 26.0 Å². The molecule has 0 fully saturated rings. The zero-order valence-electron chi connectivity index (χ0n) is 11.6. The fourth-order valence-electron chi connectivity index (χ4n) is 2.23. The zero-order chi connectivity index (χ0) is 14.9. The molecule has 1 heterocycles. The van der Waals surface area contributed by atoms with Gasteiger partial charge in [0.2, 0.25) is 0 Å². The Labute approximate surface area is 116 Å². The van der Waals surface area contributed by atoms with Gasteiger partial charge in [-0.2, -0.15) is 0 Å². The van der Waals surface area contributed by atoms with Gasteiger partial charge in [0.05, 0.1) is 12.7 Å². The maximum atomic E-state index is 11.7. The number of ether oxygens (including phenoxy) is 2. The normalized spacial score (nSPS) is 15.1. The number of cyclic esters (lactones) is 1. The molecule has 0 amide bonds. The van der Waals surface area contributed by atoms with E-state index in [1.807, 2.05) is 0 Å². The molecule has 0 radical (unpaired) electrons. The van der Waals surface area contributed by atoms with Crippen LogP contribution in [0, 0.1) is 12.8 Å². The molecule has 1 aliphatic heterocycles. The van der Waals surface area contributed by atoms with Crippen LogP contribution in [0.1, 0.15) is 34.0 Å². The van der Waals surface area contributed by atoms with Crippen LogP contribution in [0.3, 0.4) is 0 Å². The van der Waals surface area contributed by atoms with Crippen molar-refractivity contribution in [2.75, 3.05) is 7.11 Å². The number of aromatic hydroxyl groups is 1. The molecule has 1 atom stereocenters. The molecule has 0 aliphatic carbocycles. The lowest BCUT2D eigenvalue weighted by Crippen LogP contribution is -2.01. The minimum Gasteiger partial charge on any atom is -0.506 e. The molecule has 1 unspecified atom stereocenters. The molecule has 20 heavy (non-hydrogen) atoms. The van der Waals surface area contributed by atoms with Crippen molar-refractivity contribution in [3.05, 3.63) is 28.3 Å². The summed E-state index contributed by atoms with van der Waals surface area (Å²) < 4.78 is 10.3. The molecular formula is C15H16O5. The van der Waals surface area contributed by atoms with Crippen LogP contribution in [0.4, 0.5) is 0 Å². The molecule has 106 valence electrons. The van der Waals surface area contributed by atoms with Crippen LogP contribution in [0.2, 0.25) is 0 Å². The summed E-state index contributed by atoms with van der Waals surface area (Å²) in [6.45, 7) is 3.67. The first-order chi connectivity index (χ1) is 9.51. The largest absolute Gasteiger partial charge is 0.506 e. The van der Waals surface area contributed by atoms with Gasteiger partial charge in [0.15, 0.2) is 0 Å². The number of fused-ring (bicyclic) bond motifs is 1. The number of carbonyl (C=O) groups excluding carboxylic acids is 2. The number of phenols is 1. The lowest BCUT2D eigenvalue weighted by Gasteiger charge is -2.14. The molecular weight excluding hydrogens is 260 g/mol. The number of hydrogen-bond donors (Lipinski definition) is 1. The van der Waals surface area contributed by atoms with Gasteiger partial charge in [-0.1, -0.05) is 19.1 Å². The second-order valence-electron chi connectivity index (χ2n) is 4.70. The molecule has 5 nitrogen and oxygen atoms in total. The first-order valence-corrected chi connectivity index (χ1v) is 6.24. The van der Waals surface area contributed by atoms with Gasteiger partial charge < -0.3 is 19.4 Å². The van der Waals surface area contributed by atoms with E-state index in [0.717, 1.165) is 11.8 Å². The minimum atomic E-state index is -0.540. The van der Waals surface area contributed by atoms with Gasteiger partial charge in [-0.05, 0) is 12.5 Å². The van der Waals surface area contributed by atoms with Crippen molar-refractivity contribution in [3.8, 4) is 11.5 Å². The van der Waals surface area contributed by atoms with Crippen LogP contribution in [-0.4, -0.2) is 24.5 Å². The average molecular weight is 276 g/mol. The number of benzene rings is 1. The predicted octanol–water partition coefficient (Wildman–Crippen LogP) is 2.23. The van der Waals surface area contributed by atoms with Gasteiger partial charge in [-0.15, -0.1) is 0 Å². The lowest BCUT2D eigenvalue weighted by atomic mass is 9.96. The highest BCUT2D eigenvalue weighted by molar-refractivity contribution is 5.99. The maximum absolute atomic E-state index is 11.7. The van der Waals surface area contributed by atoms with Crippen LogP contribution in [0.5, 0.6) is 11.5 Å². The van der Waals surface area contributed by atoms with Crippen molar-refractivity contribution in [1.82, 2.24) is 0 Å². The van der Waals surface area contributed by atoms with E-state index >= 15 is 0 Å². The van der Waals surface area contributed by atoms with Gasteiger partial charge in [-0.25, -0.2) is 4.79 Å².